The lowest BCUT2D eigenvalue weighted by Crippen LogP contribution is -2.22. The van der Waals surface area contributed by atoms with Gasteiger partial charge in [0.1, 0.15) is 11.3 Å². The van der Waals surface area contributed by atoms with Crippen LogP contribution in [0, 0.1) is 0 Å². The number of aromatic nitrogens is 2. The average molecular weight is 350 g/mol. The maximum absolute atomic E-state index is 12.7. The molecule has 0 atom stereocenters. The van der Waals surface area contributed by atoms with Gasteiger partial charge in [0.2, 0.25) is 0 Å². The maximum Gasteiger partial charge on any atom is 0.340 e. The van der Waals surface area contributed by atoms with E-state index in [2.05, 4.69) is 4.98 Å². The number of fused-ring (bicyclic) bond motifs is 2. The molecule has 0 unspecified atom stereocenters. The van der Waals surface area contributed by atoms with Gasteiger partial charge in [0.05, 0.1) is 12.3 Å². The molecule has 0 radical (unpaired) electrons. The highest BCUT2D eigenvalue weighted by atomic mass is 16.5. The zero-order valence-corrected chi connectivity index (χ0v) is 14.4. The van der Waals surface area contributed by atoms with Crippen LogP contribution in [0.4, 0.5) is 0 Å². The Hall–Kier alpha value is -3.15. The van der Waals surface area contributed by atoms with Crippen LogP contribution in [0.1, 0.15) is 35.0 Å². The normalized spacial score (nSPS) is 13.0. The van der Waals surface area contributed by atoms with E-state index in [1.54, 1.807) is 18.3 Å². The highest BCUT2D eigenvalue weighted by Gasteiger charge is 2.24. The first-order valence-corrected chi connectivity index (χ1v) is 8.64. The second-order valence-electron chi connectivity index (χ2n) is 6.23. The van der Waals surface area contributed by atoms with Gasteiger partial charge in [-0.15, -0.1) is 0 Å². The number of benzene rings is 1. The Bertz CT molecular complexity index is 1090. The van der Waals surface area contributed by atoms with Crippen molar-refractivity contribution in [3.63, 3.8) is 0 Å². The van der Waals surface area contributed by atoms with Crippen LogP contribution >= 0.6 is 0 Å². The van der Waals surface area contributed by atoms with E-state index < -0.39 is 5.97 Å². The second-order valence-corrected chi connectivity index (χ2v) is 6.23. The van der Waals surface area contributed by atoms with Crippen LogP contribution in [0.3, 0.4) is 0 Å². The minimum absolute atomic E-state index is 0.0199. The number of nitrogens with zero attached hydrogens (tertiary/aromatic N) is 2. The van der Waals surface area contributed by atoms with Gasteiger partial charge in [-0.3, -0.25) is 9.20 Å². The smallest absolute Gasteiger partial charge is 0.340 e. The summed E-state index contributed by atoms with van der Waals surface area (Å²) in [4.78, 5) is 29.4. The molecule has 2 aromatic heterocycles. The van der Waals surface area contributed by atoms with Crippen molar-refractivity contribution in [2.45, 2.75) is 26.2 Å². The SMILES string of the molecule is CCOc1ccccc1-c1ccn2c(=O)c3c(nc2c1C(=O)O)CCC3. The fourth-order valence-corrected chi connectivity index (χ4v) is 3.58. The zero-order chi connectivity index (χ0) is 18.3. The summed E-state index contributed by atoms with van der Waals surface area (Å²) in [6.45, 7) is 2.35. The minimum atomic E-state index is -1.12. The van der Waals surface area contributed by atoms with E-state index in [9.17, 15) is 14.7 Å². The van der Waals surface area contributed by atoms with Gasteiger partial charge in [0.15, 0.2) is 5.65 Å². The van der Waals surface area contributed by atoms with Crippen molar-refractivity contribution in [3.8, 4) is 16.9 Å². The number of pyridine rings is 1. The summed E-state index contributed by atoms with van der Waals surface area (Å²) in [5.41, 5.74) is 2.61. The molecule has 26 heavy (non-hydrogen) atoms. The van der Waals surface area contributed by atoms with Crippen LogP contribution in [0.15, 0.2) is 41.3 Å². The van der Waals surface area contributed by atoms with Crippen LogP contribution in [0.2, 0.25) is 0 Å². The summed E-state index contributed by atoms with van der Waals surface area (Å²) in [6.07, 6.45) is 3.88. The van der Waals surface area contributed by atoms with E-state index in [-0.39, 0.29) is 16.8 Å². The van der Waals surface area contributed by atoms with Crippen molar-refractivity contribution in [2.75, 3.05) is 6.61 Å². The summed E-state index contributed by atoms with van der Waals surface area (Å²) in [7, 11) is 0. The molecular weight excluding hydrogens is 332 g/mol. The molecule has 0 aliphatic heterocycles. The number of carbonyl (C=O) groups is 1. The van der Waals surface area contributed by atoms with E-state index >= 15 is 0 Å². The third kappa shape index (κ3) is 2.45. The molecule has 0 fully saturated rings. The molecule has 132 valence electrons. The third-order valence-corrected chi connectivity index (χ3v) is 4.71. The molecule has 4 rings (SSSR count). The Labute approximate surface area is 149 Å². The van der Waals surface area contributed by atoms with Gasteiger partial charge in [-0.2, -0.15) is 0 Å². The number of para-hydroxylation sites is 1. The molecule has 0 saturated carbocycles. The van der Waals surface area contributed by atoms with E-state index in [1.807, 2.05) is 25.1 Å². The molecule has 2 heterocycles. The van der Waals surface area contributed by atoms with Gasteiger partial charge in [-0.1, -0.05) is 18.2 Å². The monoisotopic (exact) mass is 350 g/mol. The molecule has 1 N–H and O–H groups in total. The quantitative estimate of drug-likeness (QED) is 0.782. The van der Waals surface area contributed by atoms with Gasteiger partial charge in [-0.05, 0) is 38.3 Å². The van der Waals surface area contributed by atoms with Crippen LogP contribution in [-0.4, -0.2) is 27.1 Å². The Kier molecular flexibility index (Phi) is 3.95. The Morgan fingerprint density at radius 1 is 1.23 bits per heavy atom. The molecule has 6 heteroatoms. The highest BCUT2D eigenvalue weighted by Crippen LogP contribution is 2.34. The molecule has 3 aromatic rings. The first kappa shape index (κ1) is 16.3. The van der Waals surface area contributed by atoms with Gasteiger partial charge < -0.3 is 9.84 Å². The maximum atomic E-state index is 12.7. The van der Waals surface area contributed by atoms with Crippen molar-refractivity contribution < 1.29 is 14.6 Å². The Morgan fingerprint density at radius 2 is 2.04 bits per heavy atom. The number of hydrogen-bond acceptors (Lipinski definition) is 4. The van der Waals surface area contributed by atoms with Gasteiger partial charge in [0, 0.05) is 22.9 Å². The molecule has 0 spiro atoms. The predicted molar refractivity (Wildman–Crippen MR) is 97.1 cm³/mol. The number of rotatable bonds is 4. The van der Waals surface area contributed by atoms with E-state index in [1.165, 1.54) is 4.40 Å². The second kappa shape index (κ2) is 6.29. The number of hydrogen-bond donors (Lipinski definition) is 1. The predicted octanol–water partition coefficient (Wildman–Crippen LogP) is 2.95. The lowest BCUT2D eigenvalue weighted by Gasteiger charge is -2.14. The number of ether oxygens (including phenoxy) is 1. The van der Waals surface area contributed by atoms with Crippen molar-refractivity contribution >= 4 is 11.6 Å². The van der Waals surface area contributed by atoms with E-state index in [4.69, 9.17) is 4.74 Å². The van der Waals surface area contributed by atoms with Crippen molar-refractivity contribution in [1.82, 2.24) is 9.38 Å². The summed E-state index contributed by atoms with van der Waals surface area (Å²) in [6, 6.07) is 8.94. The summed E-state index contributed by atoms with van der Waals surface area (Å²) in [5.74, 6) is -0.514. The van der Waals surface area contributed by atoms with Crippen molar-refractivity contribution in [1.29, 1.82) is 0 Å². The first-order chi connectivity index (χ1) is 12.6. The summed E-state index contributed by atoms with van der Waals surface area (Å²) < 4.78 is 7.00. The molecule has 1 aliphatic rings. The Balaban J connectivity index is 2.06. The lowest BCUT2D eigenvalue weighted by atomic mass is 10.00. The molecule has 1 aliphatic carbocycles. The average Bonchev–Trinajstić information content (AvgIpc) is 3.10. The topological polar surface area (TPSA) is 80.9 Å². The van der Waals surface area contributed by atoms with Crippen LogP contribution in [0.25, 0.3) is 16.8 Å². The van der Waals surface area contributed by atoms with Gasteiger partial charge in [0.25, 0.3) is 5.56 Å². The first-order valence-electron chi connectivity index (χ1n) is 8.64. The van der Waals surface area contributed by atoms with Crippen molar-refractivity contribution in [2.24, 2.45) is 0 Å². The fraction of sp³-hybridized carbons (Fsp3) is 0.250. The molecule has 0 amide bonds. The molecular formula is C20H18N2O4. The van der Waals surface area contributed by atoms with Gasteiger partial charge >= 0.3 is 5.97 Å². The molecule has 0 saturated heterocycles. The number of carboxylic acid groups (broad SMARTS) is 1. The lowest BCUT2D eigenvalue weighted by molar-refractivity contribution is 0.0699. The van der Waals surface area contributed by atoms with Crippen LogP contribution in [0.5, 0.6) is 5.75 Å². The molecule has 6 nitrogen and oxygen atoms in total. The highest BCUT2D eigenvalue weighted by molar-refractivity contribution is 6.02. The number of carboxylic acids is 1. The largest absolute Gasteiger partial charge is 0.493 e. The standard InChI is InChI=1S/C20H18N2O4/c1-2-26-16-9-4-3-6-12(16)13-10-11-22-18(17(13)20(24)25)21-15-8-5-7-14(15)19(22)23/h3-4,6,9-11H,2,5,7-8H2,1H3,(H,24,25). The fourth-order valence-electron chi connectivity index (χ4n) is 3.58. The van der Waals surface area contributed by atoms with Crippen LogP contribution in [-0.2, 0) is 12.8 Å². The Morgan fingerprint density at radius 3 is 2.81 bits per heavy atom. The van der Waals surface area contributed by atoms with Crippen molar-refractivity contribution in [3.05, 3.63) is 63.7 Å². The summed E-state index contributed by atoms with van der Waals surface area (Å²) >= 11 is 0. The van der Waals surface area contributed by atoms with Crippen LogP contribution < -0.4 is 10.3 Å². The number of aromatic carboxylic acids is 1. The molecule has 1 aromatic carbocycles. The van der Waals surface area contributed by atoms with Gasteiger partial charge in [-0.25, -0.2) is 9.78 Å². The van der Waals surface area contributed by atoms with E-state index in [0.29, 0.717) is 47.6 Å². The summed E-state index contributed by atoms with van der Waals surface area (Å²) in [5, 5.41) is 9.89. The zero-order valence-electron chi connectivity index (χ0n) is 14.4. The van der Waals surface area contributed by atoms with E-state index in [0.717, 1.165) is 6.42 Å². The molecule has 0 bridgehead atoms. The third-order valence-electron chi connectivity index (χ3n) is 4.71. The number of aryl methyl sites for hydroxylation is 1. The minimum Gasteiger partial charge on any atom is -0.493 e.